The van der Waals surface area contributed by atoms with Crippen LogP contribution in [0.4, 0.5) is 5.82 Å². The van der Waals surface area contributed by atoms with Gasteiger partial charge in [-0.05, 0) is 20.8 Å². The first-order valence-corrected chi connectivity index (χ1v) is 5.18. The molecule has 2 unspecified atom stereocenters. The smallest absolute Gasteiger partial charge is 0.127 e. The van der Waals surface area contributed by atoms with Crippen molar-refractivity contribution < 1.29 is 10.2 Å². The van der Waals surface area contributed by atoms with Crippen molar-refractivity contribution in [3.8, 4) is 0 Å². The molecule has 0 bridgehead atoms. The van der Waals surface area contributed by atoms with Crippen molar-refractivity contribution in [2.45, 2.75) is 39.5 Å². The number of hydrogen-bond acceptors (Lipinski definition) is 4. The topological polar surface area (TPSA) is 70.3 Å². The van der Waals surface area contributed by atoms with Crippen LogP contribution in [0.2, 0.25) is 0 Å². The van der Waals surface area contributed by atoms with E-state index in [1.54, 1.807) is 17.8 Å². The minimum Gasteiger partial charge on any atom is -0.391 e. The van der Waals surface area contributed by atoms with Crippen LogP contribution in [0, 0.1) is 6.92 Å². The molecule has 1 heterocycles. The van der Waals surface area contributed by atoms with E-state index in [0.29, 0.717) is 6.54 Å². The molecular formula is C10H19N3O2. The second-order valence-electron chi connectivity index (χ2n) is 3.70. The monoisotopic (exact) mass is 213 g/mol. The molecule has 0 saturated heterocycles. The first-order chi connectivity index (χ1) is 7.06. The van der Waals surface area contributed by atoms with Crippen molar-refractivity contribution in [1.29, 1.82) is 0 Å². The summed E-state index contributed by atoms with van der Waals surface area (Å²) < 4.78 is 1.68. The van der Waals surface area contributed by atoms with Crippen molar-refractivity contribution in [1.82, 2.24) is 9.78 Å². The molecule has 5 nitrogen and oxygen atoms in total. The summed E-state index contributed by atoms with van der Waals surface area (Å²) in [5.74, 6) is 0.900. The van der Waals surface area contributed by atoms with Crippen LogP contribution >= 0.6 is 0 Å². The number of aryl methyl sites for hydroxylation is 1. The van der Waals surface area contributed by atoms with Gasteiger partial charge in [0.2, 0.25) is 0 Å². The average Bonchev–Trinajstić information content (AvgIpc) is 2.50. The second-order valence-corrected chi connectivity index (χ2v) is 3.70. The van der Waals surface area contributed by atoms with E-state index in [1.165, 1.54) is 0 Å². The number of nitrogens with zero attached hydrogens (tertiary/aromatic N) is 2. The molecule has 0 aromatic carbocycles. The molecule has 3 N–H and O–H groups in total. The van der Waals surface area contributed by atoms with Gasteiger partial charge >= 0.3 is 0 Å². The predicted molar refractivity (Wildman–Crippen MR) is 58.8 cm³/mol. The van der Waals surface area contributed by atoms with Gasteiger partial charge in [0.25, 0.3) is 0 Å². The first-order valence-electron chi connectivity index (χ1n) is 5.18. The van der Waals surface area contributed by atoms with Gasteiger partial charge in [0.1, 0.15) is 5.82 Å². The molecule has 1 rings (SSSR count). The molecule has 0 radical (unpaired) electrons. The Morgan fingerprint density at radius 2 is 2.20 bits per heavy atom. The van der Waals surface area contributed by atoms with Crippen LogP contribution in [0.15, 0.2) is 6.20 Å². The lowest BCUT2D eigenvalue weighted by Gasteiger charge is -2.16. The zero-order valence-corrected chi connectivity index (χ0v) is 9.44. The quantitative estimate of drug-likeness (QED) is 0.660. The summed E-state index contributed by atoms with van der Waals surface area (Å²) in [4.78, 5) is 0. The molecule has 0 spiro atoms. The van der Waals surface area contributed by atoms with E-state index in [2.05, 4.69) is 10.4 Å². The Balaban J connectivity index is 2.76. The third-order valence-corrected chi connectivity index (χ3v) is 2.28. The summed E-state index contributed by atoms with van der Waals surface area (Å²) in [6.07, 6.45) is 0.206. The number of anilines is 1. The van der Waals surface area contributed by atoms with Gasteiger partial charge in [0.05, 0.1) is 24.9 Å². The molecule has 15 heavy (non-hydrogen) atoms. The fourth-order valence-electron chi connectivity index (χ4n) is 1.35. The zero-order chi connectivity index (χ0) is 11.4. The van der Waals surface area contributed by atoms with Gasteiger partial charge in [-0.3, -0.25) is 0 Å². The Morgan fingerprint density at radius 3 is 2.73 bits per heavy atom. The summed E-state index contributed by atoms with van der Waals surface area (Å²) >= 11 is 0. The van der Waals surface area contributed by atoms with Gasteiger partial charge in [-0.25, -0.2) is 4.68 Å². The molecule has 0 amide bonds. The summed E-state index contributed by atoms with van der Waals surface area (Å²) in [5, 5.41) is 26.1. The molecule has 0 aliphatic heterocycles. The fourth-order valence-corrected chi connectivity index (χ4v) is 1.35. The highest BCUT2D eigenvalue weighted by atomic mass is 16.3. The van der Waals surface area contributed by atoms with Crippen molar-refractivity contribution >= 4 is 5.82 Å². The maximum Gasteiger partial charge on any atom is 0.127 e. The lowest BCUT2D eigenvalue weighted by Crippen LogP contribution is -2.28. The number of hydrogen-bond donors (Lipinski definition) is 3. The minimum absolute atomic E-state index is 0.299. The van der Waals surface area contributed by atoms with Gasteiger partial charge < -0.3 is 15.5 Å². The maximum absolute atomic E-state index is 9.54. The lowest BCUT2D eigenvalue weighted by molar-refractivity contribution is 0.0190. The summed E-state index contributed by atoms with van der Waals surface area (Å²) in [5.41, 5.74) is 1.04. The molecule has 0 saturated carbocycles. The van der Waals surface area contributed by atoms with Gasteiger partial charge in [0.15, 0.2) is 0 Å². The predicted octanol–water partition coefficient (Wildman–Crippen LogP) is 0.365. The van der Waals surface area contributed by atoms with E-state index in [1.807, 2.05) is 13.8 Å². The van der Waals surface area contributed by atoms with Crippen LogP contribution in [0.5, 0.6) is 0 Å². The largest absolute Gasteiger partial charge is 0.391 e. The molecule has 0 aliphatic rings. The number of nitrogens with one attached hydrogen (secondary N) is 1. The second kappa shape index (κ2) is 5.14. The van der Waals surface area contributed by atoms with E-state index >= 15 is 0 Å². The van der Waals surface area contributed by atoms with Gasteiger partial charge in [-0.1, -0.05) is 0 Å². The van der Waals surface area contributed by atoms with E-state index in [9.17, 15) is 10.2 Å². The van der Waals surface area contributed by atoms with Crippen LogP contribution in [-0.4, -0.2) is 38.7 Å². The number of rotatable bonds is 5. The molecule has 1 aromatic rings. The Labute approximate surface area is 89.7 Å². The van der Waals surface area contributed by atoms with Crippen LogP contribution in [-0.2, 0) is 6.54 Å². The average molecular weight is 213 g/mol. The summed E-state index contributed by atoms with van der Waals surface area (Å²) in [6, 6.07) is 0. The highest BCUT2D eigenvalue weighted by Gasteiger charge is 2.15. The molecule has 1 aromatic heterocycles. The van der Waals surface area contributed by atoms with Crippen LogP contribution < -0.4 is 5.32 Å². The summed E-state index contributed by atoms with van der Waals surface area (Å²) in [7, 11) is 0. The number of aliphatic hydroxyl groups excluding tert-OH is 2. The Morgan fingerprint density at radius 1 is 1.53 bits per heavy atom. The number of aliphatic hydroxyl groups is 2. The highest BCUT2D eigenvalue weighted by molar-refractivity contribution is 5.42. The van der Waals surface area contributed by atoms with E-state index < -0.39 is 12.2 Å². The lowest BCUT2D eigenvalue weighted by atomic mass is 10.2. The van der Waals surface area contributed by atoms with Crippen molar-refractivity contribution in [3.05, 3.63) is 11.8 Å². The normalized spacial score (nSPS) is 15.0. The van der Waals surface area contributed by atoms with Crippen LogP contribution in [0.3, 0.4) is 0 Å². The first kappa shape index (κ1) is 12.0. The highest BCUT2D eigenvalue weighted by Crippen LogP contribution is 2.14. The molecule has 0 aliphatic carbocycles. The third-order valence-electron chi connectivity index (χ3n) is 2.28. The molecule has 0 fully saturated rings. The SMILES string of the molecule is CCNc1c(C)cnn1CC(O)C(C)O. The van der Waals surface area contributed by atoms with Crippen molar-refractivity contribution in [2.24, 2.45) is 0 Å². The van der Waals surface area contributed by atoms with E-state index in [-0.39, 0.29) is 0 Å². The van der Waals surface area contributed by atoms with Crippen LogP contribution in [0.1, 0.15) is 19.4 Å². The Bertz CT molecular complexity index is 310. The Hall–Kier alpha value is -1.07. The van der Waals surface area contributed by atoms with Gasteiger partial charge in [0, 0.05) is 12.1 Å². The standard InChI is InChI=1S/C10H19N3O2/c1-4-11-10-7(2)5-12-13(10)6-9(15)8(3)14/h5,8-9,11,14-15H,4,6H2,1-3H3. The zero-order valence-electron chi connectivity index (χ0n) is 9.44. The van der Waals surface area contributed by atoms with Crippen LogP contribution in [0.25, 0.3) is 0 Å². The van der Waals surface area contributed by atoms with Gasteiger partial charge in [-0.15, -0.1) is 0 Å². The van der Waals surface area contributed by atoms with Gasteiger partial charge in [-0.2, -0.15) is 5.10 Å². The molecule has 2 atom stereocenters. The van der Waals surface area contributed by atoms with Crippen molar-refractivity contribution in [3.63, 3.8) is 0 Å². The molecule has 86 valence electrons. The summed E-state index contributed by atoms with van der Waals surface area (Å²) in [6.45, 7) is 6.62. The van der Waals surface area contributed by atoms with E-state index in [4.69, 9.17) is 0 Å². The van der Waals surface area contributed by atoms with Crippen molar-refractivity contribution in [2.75, 3.05) is 11.9 Å². The Kier molecular flexibility index (Phi) is 4.11. The number of aromatic nitrogens is 2. The third kappa shape index (κ3) is 2.94. The minimum atomic E-state index is -0.790. The maximum atomic E-state index is 9.54. The fraction of sp³-hybridized carbons (Fsp3) is 0.700. The molecular weight excluding hydrogens is 194 g/mol. The van der Waals surface area contributed by atoms with E-state index in [0.717, 1.165) is 17.9 Å². The molecule has 5 heteroatoms.